The fraction of sp³-hybridized carbons (Fsp3) is 0.500. The molecule has 3 aromatic rings. The first-order valence-corrected chi connectivity index (χ1v) is 11.5. The van der Waals surface area contributed by atoms with Gasteiger partial charge in [-0.15, -0.1) is 0 Å². The summed E-state index contributed by atoms with van der Waals surface area (Å²) in [5, 5.41) is 8.04. The highest BCUT2D eigenvalue weighted by atomic mass is 16.6. The fourth-order valence-corrected chi connectivity index (χ4v) is 3.98. The minimum atomic E-state index is -0.634. The summed E-state index contributed by atoms with van der Waals surface area (Å²) in [4.78, 5) is 25.7. The molecule has 1 atom stereocenters. The molecule has 1 aromatic carbocycles. The Kier molecular flexibility index (Phi) is 5.85. The van der Waals surface area contributed by atoms with Gasteiger partial charge in [0.2, 0.25) is 5.91 Å². The van der Waals surface area contributed by atoms with Crippen LogP contribution in [0.1, 0.15) is 76.1 Å². The van der Waals surface area contributed by atoms with Gasteiger partial charge in [0.1, 0.15) is 11.4 Å². The van der Waals surface area contributed by atoms with Crippen molar-refractivity contribution in [2.45, 2.75) is 78.9 Å². The number of nitrogens with zero attached hydrogens (tertiary/aromatic N) is 2. The van der Waals surface area contributed by atoms with E-state index >= 15 is 0 Å². The quantitative estimate of drug-likeness (QED) is 0.536. The minimum Gasteiger partial charge on any atom is -0.443 e. The van der Waals surface area contributed by atoms with E-state index in [2.05, 4.69) is 23.5 Å². The zero-order valence-electron chi connectivity index (χ0n) is 20.3. The summed E-state index contributed by atoms with van der Waals surface area (Å²) >= 11 is 0. The number of aryl methyl sites for hydroxylation is 1. The van der Waals surface area contributed by atoms with E-state index in [1.807, 2.05) is 58.9 Å². The molecule has 4 rings (SSSR count). The lowest BCUT2D eigenvalue weighted by molar-refractivity contribution is -0.125. The Morgan fingerprint density at radius 3 is 2.58 bits per heavy atom. The van der Waals surface area contributed by atoms with Crippen LogP contribution in [0.15, 0.2) is 34.9 Å². The highest BCUT2D eigenvalue weighted by molar-refractivity contribution is 5.92. The summed E-state index contributed by atoms with van der Waals surface area (Å²) in [5.41, 5.74) is 2.56. The second kappa shape index (κ2) is 8.36. The van der Waals surface area contributed by atoms with Gasteiger partial charge in [0.25, 0.3) is 0 Å². The Morgan fingerprint density at radius 1 is 1.24 bits per heavy atom. The lowest BCUT2D eigenvalue weighted by atomic mass is 9.95. The van der Waals surface area contributed by atoms with Gasteiger partial charge in [0, 0.05) is 22.6 Å². The van der Waals surface area contributed by atoms with Crippen LogP contribution in [0.5, 0.6) is 0 Å². The van der Waals surface area contributed by atoms with E-state index in [1.165, 1.54) is 0 Å². The van der Waals surface area contributed by atoms with Crippen LogP contribution in [-0.4, -0.2) is 27.3 Å². The van der Waals surface area contributed by atoms with Crippen molar-refractivity contribution in [1.29, 1.82) is 0 Å². The van der Waals surface area contributed by atoms with Crippen molar-refractivity contribution >= 4 is 22.9 Å². The molecule has 1 amide bonds. The molecular formula is C26H33N3O4. The number of nitrogens with one attached hydrogen (secondary N) is 1. The monoisotopic (exact) mass is 451 g/mol. The van der Waals surface area contributed by atoms with Crippen LogP contribution in [0.2, 0.25) is 0 Å². The highest BCUT2D eigenvalue weighted by Gasteiger charge is 2.44. The van der Waals surface area contributed by atoms with Crippen LogP contribution in [0.3, 0.4) is 0 Å². The van der Waals surface area contributed by atoms with Gasteiger partial charge in [-0.05, 0) is 70.6 Å². The third kappa shape index (κ3) is 5.13. The van der Waals surface area contributed by atoms with Crippen molar-refractivity contribution in [3.63, 3.8) is 0 Å². The van der Waals surface area contributed by atoms with E-state index in [9.17, 15) is 9.59 Å². The number of ether oxygens (including phenoxy) is 1. The Balaban J connectivity index is 1.66. The van der Waals surface area contributed by atoms with Crippen LogP contribution in [0, 0.1) is 12.3 Å². The van der Waals surface area contributed by atoms with Crippen molar-refractivity contribution in [3.05, 3.63) is 53.0 Å². The van der Waals surface area contributed by atoms with Gasteiger partial charge in [-0.25, -0.2) is 9.36 Å². The number of fused-ring (bicyclic) bond motifs is 1. The van der Waals surface area contributed by atoms with Crippen LogP contribution < -0.4 is 5.32 Å². The van der Waals surface area contributed by atoms with Crippen molar-refractivity contribution in [2.75, 3.05) is 0 Å². The predicted octanol–water partition coefficient (Wildman–Crippen LogP) is 5.48. The molecule has 0 bridgehead atoms. The number of carbonyl (C=O) groups excluding carboxylic acids is 2. The molecule has 7 nitrogen and oxygen atoms in total. The van der Waals surface area contributed by atoms with E-state index in [-0.39, 0.29) is 23.8 Å². The maximum atomic E-state index is 13.2. The fourth-order valence-electron chi connectivity index (χ4n) is 3.98. The van der Waals surface area contributed by atoms with E-state index in [4.69, 9.17) is 9.26 Å². The Morgan fingerprint density at radius 2 is 1.97 bits per heavy atom. The van der Waals surface area contributed by atoms with Crippen molar-refractivity contribution in [3.8, 4) is 0 Å². The normalized spacial score (nSPS) is 15.9. The zero-order chi connectivity index (χ0) is 24.0. The molecule has 1 saturated carbocycles. The first kappa shape index (κ1) is 23.1. The van der Waals surface area contributed by atoms with Gasteiger partial charge in [-0.2, -0.15) is 0 Å². The Bertz CT molecular complexity index is 1190. The first-order chi connectivity index (χ1) is 15.4. The largest absolute Gasteiger partial charge is 0.443 e. The number of hydrogen-bond donors (Lipinski definition) is 1. The average Bonchev–Trinajstić information content (AvgIpc) is 3.18. The Hall–Kier alpha value is -3.09. The number of amides is 1. The Labute approximate surface area is 194 Å². The molecule has 0 spiro atoms. The summed E-state index contributed by atoms with van der Waals surface area (Å²) in [6.07, 6.45) is 2.09. The number of aromatic nitrogens is 2. The van der Waals surface area contributed by atoms with E-state index in [0.717, 1.165) is 47.2 Å². The van der Waals surface area contributed by atoms with Crippen LogP contribution in [0.4, 0.5) is 4.79 Å². The molecular weight excluding hydrogens is 418 g/mol. The van der Waals surface area contributed by atoms with Gasteiger partial charge in [-0.3, -0.25) is 4.79 Å². The molecule has 1 aliphatic rings. The molecule has 1 unspecified atom stereocenters. The van der Waals surface area contributed by atoms with Gasteiger partial charge in [-0.1, -0.05) is 31.1 Å². The minimum absolute atomic E-state index is 0.0284. The van der Waals surface area contributed by atoms with Gasteiger partial charge < -0.3 is 14.6 Å². The van der Waals surface area contributed by atoms with Crippen molar-refractivity contribution < 1.29 is 18.8 Å². The predicted molar refractivity (Wildman–Crippen MR) is 126 cm³/mol. The van der Waals surface area contributed by atoms with E-state index in [0.29, 0.717) is 5.69 Å². The third-order valence-electron chi connectivity index (χ3n) is 6.22. The maximum Gasteiger partial charge on any atom is 0.419 e. The average molecular weight is 452 g/mol. The van der Waals surface area contributed by atoms with Gasteiger partial charge >= 0.3 is 6.09 Å². The second-order valence-corrected chi connectivity index (χ2v) is 10.5. The summed E-state index contributed by atoms with van der Waals surface area (Å²) < 4.78 is 12.5. The van der Waals surface area contributed by atoms with Crippen LogP contribution in [-0.2, 0) is 22.5 Å². The van der Waals surface area contributed by atoms with Gasteiger partial charge in [0.15, 0.2) is 0 Å². The number of hydrogen-bond acceptors (Lipinski definition) is 5. The van der Waals surface area contributed by atoms with Crippen molar-refractivity contribution in [1.82, 2.24) is 15.0 Å². The number of rotatable bonds is 6. The standard InChI is InChI=1S/C26H33N3O4/c1-16(11-20-12-17(2)33-28-20)18-7-8-19-13-21(15-27-23(30)26(6)9-10-26)29(22(19)14-18)24(31)32-25(3,4)5/h7-8,12-14,16H,9-11,15H2,1-6H3,(H,27,30). The van der Waals surface area contributed by atoms with E-state index < -0.39 is 11.7 Å². The molecule has 1 N–H and O–H groups in total. The maximum absolute atomic E-state index is 13.2. The molecule has 0 saturated heterocycles. The van der Waals surface area contributed by atoms with Crippen molar-refractivity contribution in [2.24, 2.45) is 5.41 Å². The van der Waals surface area contributed by atoms with Gasteiger partial charge in [0.05, 0.1) is 17.8 Å². The number of benzene rings is 1. The number of carbonyl (C=O) groups is 2. The lowest BCUT2D eigenvalue weighted by Gasteiger charge is -2.21. The highest BCUT2D eigenvalue weighted by Crippen LogP contribution is 2.45. The molecule has 1 fully saturated rings. The molecule has 0 aliphatic heterocycles. The molecule has 2 heterocycles. The first-order valence-electron chi connectivity index (χ1n) is 11.5. The second-order valence-electron chi connectivity index (χ2n) is 10.5. The van der Waals surface area contributed by atoms with Crippen LogP contribution >= 0.6 is 0 Å². The topological polar surface area (TPSA) is 86.4 Å². The lowest BCUT2D eigenvalue weighted by Crippen LogP contribution is -2.32. The summed E-state index contributed by atoms with van der Waals surface area (Å²) in [6.45, 7) is 11.8. The smallest absolute Gasteiger partial charge is 0.419 e. The molecule has 33 heavy (non-hydrogen) atoms. The van der Waals surface area contributed by atoms with E-state index in [1.54, 1.807) is 4.57 Å². The van der Waals surface area contributed by atoms with Crippen LogP contribution in [0.25, 0.3) is 10.9 Å². The molecule has 7 heteroatoms. The molecule has 0 radical (unpaired) electrons. The molecule has 176 valence electrons. The zero-order valence-corrected chi connectivity index (χ0v) is 20.3. The summed E-state index contributed by atoms with van der Waals surface area (Å²) in [7, 11) is 0. The molecule has 1 aliphatic carbocycles. The summed E-state index contributed by atoms with van der Waals surface area (Å²) in [6, 6.07) is 10.0. The molecule has 2 aromatic heterocycles. The SMILES string of the molecule is Cc1cc(CC(C)c2ccc3cc(CNC(=O)C4(C)CC4)n(C(=O)OC(C)(C)C)c3c2)no1. The third-order valence-corrected chi connectivity index (χ3v) is 6.22. The summed E-state index contributed by atoms with van der Waals surface area (Å²) in [5.74, 6) is 0.998.